The second-order valence-corrected chi connectivity index (χ2v) is 4.75. The van der Waals surface area contributed by atoms with Crippen LogP contribution in [0.15, 0.2) is 24.3 Å². The molecule has 1 aliphatic heterocycles. The van der Waals surface area contributed by atoms with Crippen molar-refractivity contribution < 1.29 is 19.2 Å². The molecule has 1 fully saturated rings. The molecule has 21 heavy (non-hydrogen) atoms. The average molecular weight is 289 g/mol. The summed E-state index contributed by atoms with van der Waals surface area (Å²) < 4.78 is 0. The highest BCUT2D eigenvalue weighted by Gasteiger charge is 2.50. The zero-order valence-electron chi connectivity index (χ0n) is 11.6. The summed E-state index contributed by atoms with van der Waals surface area (Å²) in [5, 5.41) is 6.84. The van der Waals surface area contributed by atoms with Gasteiger partial charge in [-0.3, -0.25) is 25.0 Å². The number of benzene rings is 1. The van der Waals surface area contributed by atoms with Crippen molar-refractivity contribution in [3.8, 4) is 0 Å². The molecule has 0 radical (unpaired) electrons. The number of hydrogen-bond donors (Lipinski definition) is 3. The van der Waals surface area contributed by atoms with Crippen LogP contribution in [-0.2, 0) is 19.8 Å². The fraction of sp³-hybridized carbons (Fsp3) is 0.286. The van der Waals surface area contributed by atoms with Gasteiger partial charge in [-0.1, -0.05) is 19.1 Å². The van der Waals surface area contributed by atoms with Gasteiger partial charge in [0, 0.05) is 12.6 Å². The maximum absolute atomic E-state index is 12.2. The quantitative estimate of drug-likeness (QED) is 0.711. The van der Waals surface area contributed by atoms with Crippen LogP contribution in [0.4, 0.5) is 10.5 Å². The maximum Gasteiger partial charge on any atom is 0.328 e. The third kappa shape index (κ3) is 2.49. The van der Waals surface area contributed by atoms with Gasteiger partial charge in [-0.2, -0.15) is 0 Å². The number of imide groups is 2. The van der Waals surface area contributed by atoms with Crippen LogP contribution in [0.25, 0.3) is 0 Å². The number of carbonyl (C=O) groups is 4. The second-order valence-electron chi connectivity index (χ2n) is 4.75. The molecule has 0 saturated carbocycles. The minimum atomic E-state index is -1.44. The molecule has 0 atom stereocenters. The van der Waals surface area contributed by atoms with Gasteiger partial charge in [-0.25, -0.2) is 4.79 Å². The molecule has 0 aromatic heterocycles. The van der Waals surface area contributed by atoms with Crippen LogP contribution < -0.4 is 16.0 Å². The van der Waals surface area contributed by atoms with Crippen molar-refractivity contribution in [1.82, 2.24) is 10.6 Å². The fourth-order valence-electron chi connectivity index (χ4n) is 2.38. The lowest BCUT2D eigenvalue weighted by Crippen LogP contribution is -2.64. The molecule has 7 nitrogen and oxygen atoms in total. The zero-order valence-corrected chi connectivity index (χ0v) is 11.6. The van der Waals surface area contributed by atoms with Gasteiger partial charge in [-0.15, -0.1) is 0 Å². The van der Waals surface area contributed by atoms with Gasteiger partial charge in [0.25, 0.3) is 0 Å². The predicted octanol–water partition coefficient (Wildman–Crippen LogP) is 0.659. The Morgan fingerprint density at radius 2 is 1.62 bits per heavy atom. The highest BCUT2D eigenvalue weighted by molar-refractivity contribution is 6.22. The molecule has 0 unspecified atom stereocenters. The SMILES string of the molecule is CCC1(c2ccc(NC(C)=O)cc2)C(=O)NC(=O)NC1=O. The normalized spacial score (nSPS) is 17.0. The van der Waals surface area contributed by atoms with E-state index in [1.54, 1.807) is 31.2 Å². The minimum Gasteiger partial charge on any atom is -0.326 e. The average Bonchev–Trinajstić information content (AvgIpc) is 2.40. The molecular weight excluding hydrogens is 274 g/mol. The van der Waals surface area contributed by atoms with E-state index in [0.717, 1.165) is 0 Å². The number of barbiturate groups is 1. The molecule has 1 aromatic carbocycles. The topological polar surface area (TPSA) is 104 Å². The molecule has 110 valence electrons. The van der Waals surface area contributed by atoms with Crippen LogP contribution in [0.5, 0.6) is 0 Å². The Balaban J connectivity index is 2.40. The molecule has 5 amide bonds. The first-order valence-corrected chi connectivity index (χ1v) is 6.45. The van der Waals surface area contributed by atoms with Crippen molar-refractivity contribution >= 4 is 29.4 Å². The lowest BCUT2D eigenvalue weighted by molar-refractivity contribution is -0.138. The van der Waals surface area contributed by atoms with Gasteiger partial charge in [0.2, 0.25) is 17.7 Å². The Kier molecular flexibility index (Phi) is 3.75. The largest absolute Gasteiger partial charge is 0.328 e. The van der Waals surface area contributed by atoms with Gasteiger partial charge < -0.3 is 5.32 Å². The molecule has 1 saturated heterocycles. The maximum atomic E-state index is 12.2. The lowest BCUT2D eigenvalue weighted by atomic mass is 9.75. The molecule has 3 N–H and O–H groups in total. The van der Waals surface area contributed by atoms with Gasteiger partial charge in [0.1, 0.15) is 0 Å². The molecular formula is C14H15N3O4. The Hall–Kier alpha value is -2.70. The van der Waals surface area contributed by atoms with Gasteiger partial charge >= 0.3 is 6.03 Å². The van der Waals surface area contributed by atoms with Gasteiger partial charge in [0.05, 0.1) is 0 Å². The van der Waals surface area contributed by atoms with E-state index >= 15 is 0 Å². The standard InChI is InChI=1S/C14H15N3O4/c1-3-14(11(19)16-13(21)17-12(14)20)9-4-6-10(7-5-9)15-8(2)18/h4-7H,3H2,1-2H3,(H,15,18)(H2,16,17,19,20,21). The molecule has 1 heterocycles. The van der Waals surface area contributed by atoms with Crippen LogP contribution >= 0.6 is 0 Å². The molecule has 1 aliphatic rings. The number of anilines is 1. The summed E-state index contributed by atoms with van der Waals surface area (Å²) in [6, 6.07) is 5.56. The van der Waals surface area contributed by atoms with E-state index in [0.29, 0.717) is 11.3 Å². The van der Waals surface area contributed by atoms with Crippen molar-refractivity contribution in [2.24, 2.45) is 0 Å². The van der Waals surface area contributed by atoms with Gasteiger partial charge in [0.15, 0.2) is 5.41 Å². The first kappa shape index (κ1) is 14.7. The Morgan fingerprint density at radius 1 is 1.10 bits per heavy atom. The second kappa shape index (κ2) is 5.35. The van der Waals surface area contributed by atoms with Gasteiger partial charge in [-0.05, 0) is 24.1 Å². The van der Waals surface area contributed by atoms with Crippen molar-refractivity contribution in [2.45, 2.75) is 25.7 Å². The predicted molar refractivity (Wildman–Crippen MR) is 74.4 cm³/mol. The molecule has 1 aromatic rings. The summed E-state index contributed by atoms with van der Waals surface area (Å²) >= 11 is 0. The summed E-state index contributed by atoms with van der Waals surface area (Å²) in [7, 11) is 0. The van der Waals surface area contributed by atoms with Crippen molar-refractivity contribution in [2.75, 3.05) is 5.32 Å². The van der Waals surface area contributed by atoms with Crippen molar-refractivity contribution in [1.29, 1.82) is 0 Å². The van der Waals surface area contributed by atoms with E-state index in [9.17, 15) is 19.2 Å². The summed E-state index contributed by atoms with van der Waals surface area (Å²) in [6.07, 6.45) is 0.206. The Labute approximate surface area is 121 Å². The summed E-state index contributed by atoms with van der Waals surface area (Å²) in [5.41, 5.74) is -0.422. The van der Waals surface area contributed by atoms with Crippen LogP contribution in [0.1, 0.15) is 25.8 Å². The molecule has 2 rings (SSSR count). The van der Waals surface area contributed by atoms with Crippen molar-refractivity contribution in [3.05, 3.63) is 29.8 Å². The highest BCUT2D eigenvalue weighted by Crippen LogP contribution is 2.31. The van der Waals surface area contributed by atoms with E-state index < -0.39 is 23.3 Å². The van der Waals surface area contributed by atoms with E-state index in [1.165, 1.54) is 6.92 Å². The first-order chi connectivity index (χ1) is 9.90. The Bertz CT molecular complexity index is 602. The van der Waals surface area contributed by atoms with Crippen LogP contribution in [0.2, 0.25) is 0 Å². The highest BCUT2D eigenvalue weighted by atomic mass is 16.2. The zero-order chi connectivity index (χ0) is 15.6. The monoisotopic (exact) mass is 289 g/mol. The third-order valence-electron chi connectivity index (χ3n) is 3.46. The molecule has 0 aliphatic carbocycles. The van der Waals surface area contributed by atoms with E-state index in [2.05, 4.69) is 16.0 Å². The lowest BCUT2D eigenvalue weighted by Gasteiger charge is -2.33. The van der Waals surface area contributed by atoms with E-state index in [1.807, 2.05) is 0 Å². The minimum absolute atomic E-state index is 0.206. The fourth-order valence-corrected chi connectivity index (χ4v) is 2.38. The number of nitrogens with one attached hydrogen (secondary N) is 3. The number of rotatable bonds is 3. The molecule has 7 heteroatoms. The van der Waals surface area contributed by atoms with Crippen LogP contribution in [0.3, 0.4) is 0 Å². The number of urea groups is 1. The van der Waals surface area contributed by atoms with E-state index in [4.69, 9.17) is 0 Å². The van der Waals surface area contributed by atoms with Crippen LogP contribution in [-0.4, -0.2) is 23.8 Å². The van der Waals surface area contributed by atoms with E-state index in [-0.39, 0.29) is 12.3 Å². The smallest absolute Gasteiger partial charge is 0.326 e. The number of amides is 5. The van der Waals surface area contributed by atoms with Crippen LogP contribution in [0, 0.1) is 0 Å². The molecule has 0 bridgehead atoms. The van der Waals surface area contributed by atoms with Crippen molar-refractivity contribution in [3.63, 3.8) is 0 Å². The third-order valence-corrected chi connectivity index (χ3v) is 3.46. The summed E-state index contributed by atoms with van der Waals surface area (Å²) in [4.78, 5) is 46.5. The summed E-state index contributed by atoms with van der Waals surface area (Å²) in [5.74, 6) is -1.51. The summed E-state index contributed by atoms with van der Waals surface area (Å²) in [6.45, 7) is 3.08. The number of hydrogen-bond acceptors (Lipinski definition) is 4. The first-order valence-electron chi connectivity index (χ1n) is 6.45. The molecule has 0 spiro atoms. The Morgan fingerprint density at radius 3 is 2.05 bits per heavy atom. The number of carbonyl (C=O) groups excluding carboxylic acids is 4.